The number of rotatable bonds is 3. The molecule has 2 aromatic rings. The third kappa shape index (κ3) is 1.52. The first-order valence-corrected chi connectivity index (χ1v) is 6.56. The quantitative estimate of drug-likeness (QED) is 0.809. The lowest BCUT2D eigenvalue weighted by Gasteiger charge is -2.11. The molecule has 0 bridgehead atoms. The van der Waals surface area contributed by atoms with Crippen molar-refractivity contribution < 1.29 is 9.57 Å². The van der Waals surface area contributed by atoms with Gasteiger partial charge in [0, 0.05) is 17.5 Å². The van der Waals surface area contributed by atoms with Gasteiger partial charge in [-0.25, -0.2) is 9.67 Å². The van der Waals surface area contributed by atoms with Gasteiger partial charge in [-0.2, -0.15) is 5.10 Å². The minimum Gasteiger partial charge on any atom is -0.356 e. The summed E-state index contributed by atoms with van der Waals surface area (Å²) in [5.41, 5.74) is 1.07. The van der Waals surface area contributed by atoms with E-state index in [0.717, 1.165) is 11.3 Å². The Balaban J connectivity index is 1.71. The first-order valence-electron chi connectivity index (χ1n) is 6.18. The van der Waals surface area contributed by atoms with Gasteiger partial charge in [0.1, 0.15) is 18.4 Å². The first-order chi connectivity index (χ1) is 9.63. The maximum Gasteiger partial charge on any atom is 0.272 e. The molecule has 2 unspecified atom stereocenters. The molecule has 3 heterocycles. The van der Waals surface area contributed by atoms with Crippen molar-refractivity contribution in [3.05, 3.63) is 47.5 Å². The van der Waals surface area contributed by atoms with Crippen molar-refractivity contribution in [2.45, 2.75) is 24.9 Å². The number of nitrogens with zero attached hydrogens (tertiary/aromatic N) is 4. The van der Waals surface area contributed by atoms with E-state index in [1.165, 1.54) is 6.33 Å². The highest BCUT2D eigenvalue weighted by Gasteiger charge is 2.77. The van der Waals surface area contributed by atoms with Crippen LogP contribution in [-0.2, 0) is 16.1 Å². The zero-order chi connectivity index (χ0) is 13.8. The molecule has 1 fully saturated rings. The van der Waals surface area contributed by atoms with Crippen LogP contribution in [0.25, 0.3) is 0 Å². The normalized spacial score (nSPS) is 30.6. The molecule has 0 saturated carbocycles. The molecular formula is C13H11ClN4O2. The minimum absolute atomic E-state index is 0.505. The standard InChI is InChI=1S/C13H11ClN4O2/c1-12-13(19-12,6-18-8-15-7-16-18)11(17-20-12)9-2-4-10(14)5-3-9/h2-5,7-8H,6H2,1H3. The summed E-state index contributed by atoms with van der Waals surface area (Å²) in [6, 6.07) is 7.45. The summed E-state index contributed by atoms with van der Waals surface area (Å²) in [4.78, 5) is 9.38. The van der Waals surface area contributed by atoms with Gasteiger partial charge < -0.3 is 9.57 Å². The lowest BCUT2D eigenvalue weighted by molar-refractivity contribution is -0.0246. The number of halogens is 1. The van der Waals surface area contributed by atoms with Crippen molar-refractivity contribution in [2.75, 3.05) is 0 Å². The Morgan fingerprint density at radius 2 is 2.10 bits per heavy atom. The fourth-order valence-electron chi connectivity index (χ4n) is 2.56. The van der Waals surface area contributed by atoms with Crippen LogP contribution < -0.4 is 0 Å². The molecule has 0 spiro atoms. The molecule has 0 N–H and O–H groups in total. The van der Waals surface area contributed by atoms with Crippen molar-refractivity contribution in [1.29, 1.82) is 0 Å². The lowest BCUT2D eigenvalue weighted by Crippen LogP contribution is -2.34. The minimum atomic E-state index is -0.728. The van der Waals surface area contributed by atoms with E-state index in [2.05, 4.69) is 15.2 Å². The van der Waals surface area contributed by atoms with Crippen LogP contribution >= 0.6 is 11.6 Å². The predicted molar refractivity (Wildman–Crippen MR) is 71.3 cm³/mol. The second-order valence-corrected chi connectivity index (χ2v) is 5.44. The molecule has 6 nitrogen and oxygen atoms in total. The van der Waals surface area contributed by atoms with Crippen LogP contribution in [0.5, 0.6) is 0 Å². The van der Waals surface area contributed by atoms with Crippen LogP contribution in [-0.4, -0.2) is 31.9 Å². The molecule has 1 aromatic heterocycles. The van der Waals surface area contributed by atoms with Crippen molar-refractivity contribution in [2.24, 2.45) is 5.16 Å². The average Bonchev–Trinajstić information content (AvgIpc) is 2.80. The van der Waals surface area contributed by atoms with E-state index >= 15 is 0 Å². The molecule has 2 atom stereocenters. The van der Waals surface area contributed by atoms with E-state index in [4.69, 9.17) is 21.2 Å². The topological polar surface area (TPSA) is 64.8 Å². The van der Waals surface area contributed by atoms with Crippen LogP contribution in [0.3, 0.4) is 0 Å². The number of hydrogen-bond donors (Lipinski definition) is 0. The third-order valence-electron chi connectivity index (χ3n) is 3.72. The number of aromatic nitrogens is 3. The van der Waals surface area contributed by atoms with E-state index < -0.39 is 11.4 Å². The molecule has 0 radical (unpaired) electrons. The number of oxime groups is 1. The van der Waals surface area contributed by atoms with E-state index in [0.29, 0.717) is 11.6 Å². The summed E-state index contributed by atoms with van der Waals surface area (Å²) in [5, 5.41) is 8.98. The summed E-state index contributed by atoms with van der Waals surface area (Å²) in [5.74, 6) is -0.728. The average molecular weight is 291 g/mol. The Hall–Kier alpha value is -1.92. The van der Waals surface area contributed by atoms with Gasteiger partial charge in [0.05, 0.1) is 6.54 Å². The molecule has 2 aliphatic rings. The highest BCUT2D eigenvalue weighted by atomic mass is 35.5. The zero-order valence-corrected chi connectivity index (χ0v) is 11.4. The Labute approximate surface area is 120 Å². The largest absolute Gasteiger partial charge is 0.356 e. The van der Waals surface area contributed by atoms with Gasteiger partial charge in [-0.3, -0.25) is 0 Å². The van der Waals surface area contributed by atoms with Gasteiger partial charge in [-0.15, -0.1) is 0 Å². The summed E-state index contributed by atoms with van der Waals surface area (Å²) in [6.45, 7) is 2.38. The first kappa shape index (κ1) is 11.9. The van der Waals surface area contributed by atoms with Gasteiger partial charge in [-0.1, -0.05) is 28.9 Å². The SMILES string of the molecule is CC12ON=C(c3ccc(Cl)cc3)C1(Cn1cncn1)O2. The smallest absolute Gasteiger partial charge is 0.272 e. The van der Waals surface area contributed by atoms with Crippen LogP contribution in [0.15, 0.2) is 42.1 Å². The molecule has 2 aliphatic heterocycles. The summed E-state index contributed by atoms with van der Waals surface area (Å²) < 4.78 is 7.54. The molecule has 0 aliphatic carbocycles. The van der Waals surface area contributed by atoms with Gasteiger partial charge in [-0.05, 0) is 12.1 Å². The van der Waals surface area contributed by atoms with Gasteiger partial charge in [0.2, 0.25) is 5.60 Å². The molecule has 0 amide bonds. The van der Waals surface area contributed by atoms with Crippen molar-refractivity contribution in [3.63, 3.8) is 0 Å². The van der Waals surface area contributed by atoms with E-state index in [1.807, 2.05) is 31.2 Å². The number of fused-ring (bicyclic) bond motifs is 1. The summed E-state index contributed by atoms with van der Waals surface area (Å²) in [7, 11) is 0. The highest BCUT2D eigenvalue weighted by Crippen LogP contribution is 2.56. The Kier molecular flexibility index (Phi) is 2.26. The Morgan fingerprint density at radius 1 is 1.30 bits per heavy atom. The van der Waals surface area contributed by atoms with Gasteiger partial charge in [0.15, 0.2) is 0 Å². The summed E-state index contributed by atoms with van der Waals surface area (Å²) >= 11 is 5.92. The zero-order valence-electron chi connectivity index (χ0n) is 10.7. The lowest BCUT2D eigenvalue weighted by atomic mass is 9.92. The second kappa shape index (κ2) is 3.80. The highest BCUT2D eigenvalue weighted by molar-refractivity contribution is 6.30. The molecule has 7 heteroatoms. The molecular weight excluding hydrogens is 280 g/mol. The molecule has 4 rings (SSSR count). The molecule has 1 aromatic carbocycles. The molecule has 102 valence electrons. The fourth-order valence-corrected chi connectivity index (χ4v) is 2.68. The summed E-state index contributed by atoms with van der Waals surface area (Å²) in [6.07, 6.45) is 3.14. The molecule has 20 heavy (non-hydrogen) atoms. The monoisotopic (exact) mass is 290 g/mol. The van der Waals surface area contributed by atoms with E-state index in [-0.39, 0.29) is 0 Å². The van der Waals surface area contributed by atoms with E-state index in [9.17, 15) is 0 Å². The Morgan fingerprint density at radius 3 is 2.75 bits per heavy atom. The Bertz CT molecular complexity index is 685. The maximum atomic E-state index is 5.92. The van der Waals surface area contributed by atoms with Gasteiger partial charge in [0.25, 0.3) is 5.79 Å². The number of hydrogen-bond acceptors (Lipinski definition) is 5. The second-order valence-electron chi connectivity index (χ2n) is 5.01. The van der Waals surface area contributed by atoms with Crippen LogP contribution in [0.1, 0.15) is 12.5 Å². The van der Waals surface area contributed by atoms with Crippen molar-refractivity contribution in [1.82, 2.24) is 14.8 Å². The van der Waals surface area contributed by atoms with Crippen LogP contribution in [0.4, 0.5) is 0 Å². The van der Waals surface area contributed by atoms with Crippen LogP contribution in [0, 0.1) is 0 Å². The number of benzene rings is 1. The number of epoxide rings is 1. The van der Waals surface area contributed by atoms with Crippen molar-refractivity contribution in [3.8, 4) is 0 Å². The van der Waals surface area contributed by atoms with Crippen LogP contribution in [0.2, 0.25) is 5.02 Å². The third-order valence-corrected chi connectivity index (χ3v) is 3.98. The van der Waals surface area contributed by atoms with Gasteiger partial charge >= 0.3 is 0 Å². The molecule has 1 saturated heterocycles. The maximum absolute atomic E-state index is 5.92. The van der Waals surface area contributed by atoms with E-state index in [1.54, 1.807) is 11.0 Å². The fraction of sp³-hybridized carbons (Fsp3) is 0.308. The number of ether oxygens (including phenoxy) is 1. The predicted octanol–water partition coefficient (Wildman–Crippen LogP) is 1.85. The van der Waals surface area contributed by atoms with Crippen molar-refractivity contribution >= 4 is 17.3 Å².